The zero-order chi connectivity index (χ0) is 15.7. The number of alkyl halides is 1. The fourth-order valence-corrected chi connectivity index (χ4v) is 2.12. The molecule has 1 aromatic heterocycles. The second kappa shape index (κ2) is 5.32. The van der Waals surface area contributed by atoms with Crippen LogP contribution in [-0.2, 0) is 4.79 Å². The minimum atomic E-state index is -2.10. The Morgan fingerprint density at radius 1 is 1.32 bits per heavy atom. The highest BCUT2D eigenvalue weighted by atomic mass is 19.1. The standard InChI is InChI=1S/C14H9FN4O3/c15-13-14(20)17-11-4-3-9(19(21)22)6-10(11)12(18-13)8-2-1-5-16-7-8/h1-7,13H,(H,17,20). The van der Waals surface area contributed by atoms with Gasteiger partial charge in [-0.25, -0.2) is 9.38 Å². The van der Waals surface area contributed by atoms with Crippen LogP contribution in [0.3, 0.4) is 0 Å². The van der Waals surface area contributed by atoms with Gasteiger partial charge in [-0.1, -0.05) is 0 Å². The SMILES string of the molecule is O=C1Nc2ccc([N+](=O)[O-])cc2C(c2cccnc2)=NC1F. The van der Waals surface area contributed by atoms with Gasteiger partial charge in [0.2, 0.25) is 0 Å². The maximum Gasteiger partial charge on any atom is 0.281 e. The maximum absolute atomic E-state index is 13.8. The highest BCUT2D eigenvalue weighted by Gasteiger charge is 2.26. The van der Waals surface area contributed by atoms with E-state index in [0.717, 1.165) is 0 Å². The molecule has 0 saturated heterocycles. The number of nitrogens with one attached hydrogen (secondary N) is 1. The number of nitro groups is 1. The third-order valence-corrected chi connectivity index (χ3v) is 3.12. The topological polar surface area (TPSA) is 97.5 Å². The smallest absolute Gasteiger partial charge is 0.281 e. The summed E-state index contributed by atoms with van der Waals surface area (Å²) in [6, 6.07) is 7.10. The van der Waals surface area contributed by atoms with Crippen molar-refractivity contribution < 1.29 is 14.1 Å². The van der Waals surface area contributed by atoms with Crippen molar-refractivity contribution in [2.75, 3.05) is 5.32 Å². The average Bonchev–Trinajstić information content (AvgIpc) is 2.65. The number of nitrogens with zero attached hydrogens (tertiary/aromatic N) is 3. The lowest BCUT2D eigenvalue weighted by molar-refractivity contribution is -0.384. The van der Waals surface area contributed by atoms with Crippen molar-refractivity contribution in [3.63, 3.8) is 0 Å². The van der Waals surface area contributed by atoms with Crippen LogP contribution in [-0.4, -0.2) is 27.8 Å². The molecule has 22 heavy (non-hydrogen) atoms. The Hall–Kier alpha value is -3.16. The molecule has 0 saturated carbocycles. The molecule has 110 valence electrons. The third-order valence-electron chi connectivity index (χ3n) is 3.12. The summed E-state index contributed by atoms with van der Waals surface area (Å²) in [5.41, 5.74) is 0.956. The molecule has 3 rings (SSSR count). The van der Waals surface area contributed by atoms with Crippen LogP contribution in [0.2, 0.25) is 0 Å². The molecule has 2 aromatic rings. The van der Waals surface area contributed by atoms with Crippen LogP contribution in [0.1, 0.15) is 11.1 Å². The Morgan fingerprint density at radius 3 is 2.82 bits per heavy atom. The highest BCUT2D eigenvalue weighted by Crippen LogP contribution is 2.28. The molecule has 1 amide bonds. The summed E-state index contributed by atoms with van der Waals surface area (Å²) in [6.07, 6.45) is 0.886. The molecule has 0 bridgehead atoms. The number of hydrogen-bond donors (Lipinski definition) is 1. The molecule has 1 aromatic carbocycles. The van der Waals surface area contributed by atoms with E-state index < -0.39 is 17.1 Å². The second-order valence-electron chi connectivity index (χ2n) is 4.53. The van der Waals surface area contributed by atoms with Gasteiger partial charge in [0.1, 0.15) is 0 Å². The molecule has 1 atom stereocenters. The number of carbonyl (C=O) groups is 1. The lowest BCUT2D eigenvalue weighted by atomic mass is 10.0. The van der Waals surface area contributed by atoms with Crippen molar-refractivity contribution in [2.45, 2.75) is 6.30 Å². The molecule has 0 radical (unpaired) electrons. The Kier molecular flexibility index (Phi) is 3.34. The number of amides is 1. The van der Waals surface area contributed by atoms with Gasteiger partial charge in [-0.2, -0.15) is 0 Å². The number of carbonyl (C=O) groups excluding carboxylic acids is 1. The third kappa shape index (κ3) is 2.41. The van der Waals surface area contributed by atoms with Gasteiger partial charge in [0.15, 0.2) is 0 Å². The summed E-state index contributed by atoms with van der Waals surface area (Å²) in [4.78, 5) is 29.7. The minimum Gasteiger partial charge on any atom is -0.321 e. The van der Waals surface area contributed by atoms with E-state index in [9.17, 15) is 19.3 Å². The van der Waals surface area contributed by atoms with E-state index in [1.54, 1.807) is 12.1 Å². The number of benzene rings is 1. The van der Waals surface area contributed by atoms with Crippen molar-refractivity contribution in [3.8, 4) is 0 Å². The number of hydrogen-bond acceptors (Lipinski definition) is 5. The van der Waals surface area contributed by atoms with Crippen molar-refractivity contribution in [2.24, 2.45) is 4.99 Å². The fraction of sp³-hybridized carbons (Fsp3) is 0.0714. The van der Waals surface area contributed by atoms with Crippen molar-refractivity contribution in [1.82, 2.24) is 4.98 Å². The molecule has 2 heterocycles. The van der Waals surface area contributed by atoms with Gasteiger partial charge < -0.3 is 5.32 Å². The molecule has 1 aliphatic heterocycles. The lowest BCUT2D eigenvalue weighted by Gasteiger charge is -2.09. The van der Waals surface area contributed by atoms with Crippen LogP contribution in [0.25, 0.3) is 0 Å². The van der Waals surface area contributed by atoms with Crippen LogP contribution < -0.4 is 5.32 Å². The van der Waals surface area contributed by atoms with Crippen LogP contribution in [0, 0.1) is 10.1 Å². The van der Waals surface area contributed by atoms with E-state index in [4.69, 9.17) is 0 Å². The number of halogens is 1. The van der Waals surface area contributed by atoms with Gasteiger partial charge in [0.05, 0.1) is 16.3 Å². The second-order valence-corrected chi connectivity index (χ2v) is 4.53. The van der Waals surface area contributed by atoms with E-state index in [0.29, 0.717) is 5.56 Å². The van der Waals surface area contributed by atoms with Crippen LogP contribution >= 0.6 is 0 Å². The van der Waals surface area contributed by atoms with E-state index in [-0.39, 0.29) is 22.6 Å². The highest BCUT2D eigenvalue weighted by molar-refractivity contribution is 6.19. The summed E-state index contributed by atoms with van der Waals surface area (Å²) in [5.74, 6) is -0.922. The monoisotopic (exact) mass is 300 g/mol. The number of aromatic nitrogens is 1. The van der Waals surface area contributed by atoms with E-state index in [2.05, 4.69) is 15.3 Å². The van der Waals surface area contributed by atoms with Gasteiger partial charge in [-0.05, 0) is 18.2 Å². The fourth-order valence-electron chi connectivity index (χ4n) is 2.12. The molecule has 8 heteroatoms. The van der Waals surface area contributed by atoms with Crippen molar-refractivity contribution >= 4 is 23.0 Å². The first kappa shape index (κ1) is 13.8. The Morgan fingerprint density at radius 2 is 2.14 bits per heavy atom. The van der Waals surface area contributed by atoms with Crippen LogP contribution in [0.4, 0.5) is 15.8 Å². The first-order valence-corrected chi connectivity index (χ1v) is 6.28. The van der Waals surface area contributed by atoms with E-state index in [1.165, 1.54) is 30.6 Å². The van der Waals surface area contributed by atoms with Crippen molar-refractivity contribution in [3.05, 3.63) is 64.0 Å². The molecular formula is C14H9FN4O3. The number of nitro benzene ring substituents is 1. The largest absolute Gasteiger partial charge is 0.321 e. The Balaban J connectivity index is 2.24. The number of aliphatic imine (C=N–C) groups is 1. The first-order chi connectivity index (χ1) is 10.6. The molecule has 0 spiro atoms. The van der Waals surface area contributed by atoms with Crippen LogP contribution in [0.15, 0.2) is 47.7 Å². The zero-order valence-corrected chi connectivity index (χ0v) is 11.1. The summed E-state index contributed by atoms with van der Waals surface area (Å²) in [7, 11) is 0. The normalized spacial score (nSPS) is 17.0. The molecule has 0 aliphatic carbocycles. The summed E-state index contributed by atoms with van der Waals surface area (Å²) >= 11 is 0. The quantitative estimate of drug-likeness (QED) is 0.521. The zero-order valence-electron chi connectivity index (χ0n) is 11.1. The van der Waals surface area contributed by atoms with Crippen molar-refractivity contribution in [1.29, 1.82) is 0 Å². The summed E-state index contributed by atoms with van der Waals surface area (Å²) in [5, 5.41) is 13.3. The predicted molar refractivity (Wildman–Crippen MR) is 76.5 cm³/mol. The molecule has 7 nitrogen and oxygen atoms in total. The number of rotatable bonds is 2. The van der Waals surface area contributed by atoms with E-state index in [1.807, 2.05) is 0 Å². The van der Waals surface area contributed by atoms with Gasteiger partial charge in [0.25, 0.3) is 17.9 Å². The predicted octanol–water partition coefficient (Wildman–Crippen LogP) is 2.07. The molecule has 1 unspecified atom stereocenters. The number of benzodiazepines with no additional fused rings is 1. The average molecular weight is 300 g/mol. The number of non-ortho nitro benzene ring substituents is 1. The lowest BCUT2D eigenvalue weighted by Crippen LogP contribution is -2.21. The molecule has 0 fully saturated rings. The van der Waals surface area contributed by atoms with Gasteiger partial charge >= 0.3 is 0 Å². The maximum atomic E-state index is 13.8. The minimum absolute atomic E-state index is 0.137. The van der Waals surface area contributed by atoms with Gasteiger partial charge in [-0.3, -0.25) is 19.9 Å². The number of anilines is 1. The van der Waals surface area contributed by atoms with Gasteiger partial charge in [-0.15, -0.1) is 0 Å². The molecular weight excluding hydrogens is 291 g/mol. The molecule has 1 N–H and O–H groups in total. The van der Waals surface area contributed by atoms with Crippen LogP contribution in [0.5, 0.6) is 0 Å². The Bertz CT molecular complexity index is 792. The summed E-state index contributed by atoms with van der Waals surface area (Å²) in [6.45, 7) is 0. The summed E-state index contributed by atoms with van der Waals surface area (Å²) < 4.78 is 13.8. The number of fused-ring (bicyclic) bond motifs is 1. The first-order valence-electron chi connectivity index (χ1n) is 6.28. The number of pyridine rings is 1. The van der Waals surface area contributed by atoms with E-state index >= 15 is 0 Å². The van der Waals surface area contributed by atoms with Gasteiger partial charge in [0, 0.05) is 35.7 Å². The molecule has 1 aliphatic rings. The Labute approximate surface area is 123 Å².